The van der Waals surface area contributed by atoms with E-state index in [0.29, 0.717) is 18.2 Å². The van der Waals surface area contributed by atoms with E-state index in [1.807, 2.05) is 13.0 Å². The lowest BCUT2D eigenvalue weighted by Gasteiger charge is -2.11. The highest BCUT2D eigenvalue weighted by Gasteiger charge is 2.21. The van der Waals surface area contributed by atoms with Crippen LogP contribution in [0.3, 0.4) is 0 Å². The van der Waals surface area contributed by atoms with Crippen LogP contribution in [0.25, 0.3) is 0 Å². The first-order chi connectivity index (χ1) is 7.88. The van der Waals surface area contributed by atoms with E-state index in [4.69, 9.17) is 5.14 Å². The molecule has 2 rings (SSSR count). The third kappa shape index (κ3) is 3.06. The Kier molecular flexibility index (Phi) is 3.25. The number of hydrogen-bond acceptors (Lipinski definition) is 3. The smallest absolute Gasteiger partial charge is 0.238 e. The number of benzene rings is 1. The molecule has 3 N–H and O–H groups in total. The summed E-state index contributed by atoms with van der Waals surface area (Å²) in [5, 5.41) is 8.57. The SMILES string of the molecule is Cc1cc(C)c(S(N)(=O)=O)cc1CNC1CC1. The van der Waals surface area contributed by atoms with Gasteiger partial charge in [0.15, 0.2) is 0 Å². The molecule has 1 fully saturated rings. The Morgan fingerprint density at radius 3 is 2.47 bits per heavy atom. The molecule has 5 heteroatoms. The molecule has 0 amide bonds. The minimum absolute atomic E-state index is 0.232. The molecule has 1 aromatic rings. The lowest BCUT2D eigenvalue weighted by atomic mass is 10.1. The van der Waals surface area contributed by atoms with Crippen molar-refractivity contribution in [1.29, 1.82) is 0 Å². The fourth-order valence-corrected chi connectivity index (χ4v) is 2.73. The van der Waals surface area contributed by atoms with Crippen molar-refractivity contribution in [3.8, 4) is 0 Å². The predicted octanol–water partition coefficient (Wildman–Crippen LogP) is 1.20. The van der Waals surface area contributed by atoms with Gasteiger partial charge in [0.2, 0.25) is 10.0 Å². The first-order valence-electron chi connectivity index (χ1n) is 5.74. The highest BCUT2D eigenvalue weighted by Crippen LogP contribution is 2.22. The topological polar surface area (TPSA) is 72.2 Å². The van der Waals surface area contributed by atoms with Crippen molar-refractivity contribution in [2.45, 2.75) is 44.2 Å². The van der Waals surface area contributed by atoms with Crippen LogP contribution >= 0.6 is 0 Å². The zero-order valence-corrected chi connectivity index (χ0v) is 11.0. The summed E-state index contributed by atoms with van der Waals surface area (Å²) in [6.45, 7) is 4.47. The number of primary sulfonamides is 1. The highest BCUT2D eigenvalue weighted by atomic mass is 32.2. The Labute approximate surface area is 102 Å². The standard InChI is InChI=1S/C12H18N2O2S/c1-8-5-9(2)12(17(13,15)16)6-10(8)7-14-11-3-4-11/h5-6,11,14H,3-4,7H2,1-2H3,(H2,13,15,16). The van der Waals surface area contributed by atoms with Gasteiger partial charge in [-0.25, -0.2) is 13.6 Å². The van der Waals surface area contributed by atoms with Gasteiger partial charge in [0, 0.05) is 12.6 Å². The zero-order valence-electron chi connectivity index (χ0n) is 10.2. The van der Waals surface area contributed by atoms with Gasteiger partial charge in [-0.05, 0) is 49.4 Å². The van der Waals surface area contributed by atoms with Gasteiger partial charge in [-0.2, -0.15) is 0 Å². The molecule has 0 aromatic heterocycles. The van der Waals surface area contributed by atoms with Crippen molar-refractivity contribution in [2.75, 3.05) is 0 Å². The molecule has 0 saturated heterocycles. The van der Waals surface area contributed by atoms with Gasteiger partial charge in [-0.15, -0.1) is 0 Å². The first kappa shape index (κ1) is 12.5. The average molecular weight is 254 g/mol. The Morgan fingerprint density at radius 2 is 1.94 bits per heavy atom. The minimum atomic E-state index is -3.62. The Morgan fingerprint density at radius 1 is 1.29 bits per heavy atom. The van der Waals surface area contributed by atoms with Crippen molar-refractivity contribution >= 4 is 10.0 Å². The molecule has 1 saturated carbocycles. The maximum atomic E-state index is 11.4. The van der Waals surface area contributed by atoms with Crippen LogP contribution in [-0.4, -0.2) is 14.5 Å². The lowest BCUT2D eigenvalue weighted by Crippen LogP contribution is -2.18. The molecule has 0 heterocycles. The molecule has 4 nitrogen and oxygen atoms in total. The summed E-state index contributed by atoms with van der Waals surface area (Å²) in [4.78, 5) is 0.232. The summed E-state index contributed by atoms with van der Waals surface area (Å²) < 4.78 is 22.9. The van der Waals surface area contributed by atoms with E-state index in [0.717, 1.165) is 11.1 Å². The molecule has 0 bridgehead atoms. The third-order valence-electron chi connectivity index (χ3n) is 3.10. The van der Waals surface area contributed by atoms with Crippen LogP contribution in [0.1, 0.15) is 29.5 Å². The van der Waals surface area contributed by atoms with Gasteiger partial charge in [0.05, 0.1) is 4.90 Å². The molecule has 1 aliphatic rings. The van der Waals surface area contributed by atoms with Crippen molar-refractivity contribution in [1.82, 2.24) is 5.32 Å². The summed E-state index contributed by atoms with van der Waals surface area (Å²) >= 11 is 0. The molecule has 0 unspecified atom stereocenters. The van der Waals surface area contributed by atoms with Gasteiger partial charge in [-0.3, -0.25) is 0 Å². The fraction of sp³-hybridized carbons (Fsp3) is 0.500. The Balaban J connectivity index is 2.31. The van der Waals surface area contributed by atoms with Gasteiger partial charge < -0.3 is 5.32 Å². The Hall–Kier alpha value is -0.910. The van der Waals surface area contributed by atoms with E-state index in [1.165, 1.54) is 12.8 Å². The van der Waals surface area contributed by atoms with Gasteiger partial charge >= 0.3 is 0 Å². The summed E-state index contributed by atoms with van der Waals surface area (Å²) in [5.41, 5.74) is 2.81. The summed E-state index contributed by atoms with van der Waals surface area (Å²) in [6, 6.07) is 4.17. The summed E-state index contributed by atoms with van der Waals surface area (Å²) in [5.74, 6) is 0. The van der Waals surface area contributed by atoms with Gasteiger partial charge in [0.1, 0.15) is 0 Å². The van der Waals surface area contributed by atoms with Crippen LogP contribution in [0.15, 0.2) is 17.0 Å². The molecule has 17 heavy (non-hydrogen) atoms. The second kappa shape index (κ2) is 4.40. The summed E-state index contributed by atoms with van der Waals surface area (Å²) in [6.07, 6.45) is 2.43. The molecule has 94 valence electrons. The quantitative estimate of drug-likeness (QED) is 0.848. The van der Waals surface area contributed by atoms with E-state index in [2.05, 4.69) is 5.32 Å². The predicted molar refractivity (Wildman–Crippen MR) is 67.2 cm³/mol. The normalized spacial score (nSPS) is 16.2. The molecule has 0 aliphatic heterocycles. The molecule has 0 radical (unpaired) electrons. The molecule has 1 aliphatic carbocycles. The number of nitrogens with two attached hydrogens (primary N) is 1. The number of sulfonamides is 1. The van der Waals surface area contributed by atoms with Crippen molar-refractivity contribution in [3.63, 3.8) is 0 Å². The van der Waals surface area contributed by atoms with E-state index < -0.39 is 10.0 Å². The van der Waals surface area contributed by atoms with Crippen LogP contribution in [0.2, 0.25) is 0 Å². The maximum absolute atomic E-state index is 11.4. The largest absolute Gasteiger partial charge is 0.310 e. The van der Waals surface area contributed by atoms with E-state index in [9.17, 15) is 8.42 Å². The lowest BCUT2D eigenvalue weighted by molar-refractivity contribution is 0.596. The van der Waals surface area contributed by atoms with Crippen LogP contribution in [0.4, 0.5) is 0 Å². The van der Waals surface area contributed by atoms with Crippen LogP contribution in [0, 0.1) is 13.8 Å². The highest BCUT2D eigenvalue weighted by molar-refractivity contribution is 7.89. The molecule has 0 spiro atoms. The van der Waals surface area contributed by atoms with Crippen LogP contribution < -0.4 is 10.5 Å². The summed E-state index contributed by atoms with van der Waals surface area (Å²) in [7, 11) is -3.62. The number of nitrogens with one attached hydrogen (secondary N) is 1. The van der Waals surface area contributed by atoms with Crippen molar-refractivity contribution in [2.24, 2.45) is 5.14 Å². The third-order valence-corrected chi connectivity index (χ3v) is 4.15. The number of hydrogen-bond donors (Lipinski definition) is 2. The van der Waals surface area contributed by atoms with Crippen LogP contribution in [-0.2, 0) is 16.6 Å². The average Bonchev–Trinajstić information content (AvgIpc) is 2.98. The second-order valence-electron chi connectivity index (χ2n) is 4.74. The van der Waals surface area contributed by atoms with E-state index >= 15 is 0 Å². The fourth-order valence-electron chi connectivity index (χ4n) is 1.91. The molecular formula is C12H18N2O2S. The Bertz CT molecular complexity index is 534. The first-order valence-corrected chi connectivity index (χ1v) is 7.29. The van der Waals surface area contributed by atoms with Crippen LogP contribution in [0.5, 0.6) is 0 Å². The maximum Gasteiger partial charge on any atom is 0.238 e. The van der Waals surface area contributed by atoms with Crippen molar-refractivity contribution in [3.05, 3.63) is 28.8 Å². The van der Waals surface area contributed by atoms with Gasteiger partial charge in [-0.1, -0.05) is 6.07 Å². The van der Waals surface area contributed by atoms with Gasteiger partial charge in [0.25, 0.3) is 0 Å². The minimum Gasteiger partial charge on any atom is -0.310 e. The zero-order chi connectivity index (χ0) is 12.6. The number of aryl methyl sites for hydroxylation is 2. The number of rotatable bonds is 4. The molecule has 1 aromatic carbocycles. The van der Waals surface area contributed by atoms with E-state index in [1.54, 1.807) is 13.0 Å². The molecular weight excluding hydrogens is 236 g/mol. The van der Waals surface area contributed by atoms with E-state index in [-0.39, 0.29) is 4.90 Å². The van der Waals surface area contributed by atoms with Crippen molar-refractivity contribution < 1.29 is 8.42 Å². The molecule has 0 atom stereocenters. The second-order valence-corrected chi connectivity index (χ2v) is 6.27. The monoisotopic (exact) mass is 254 g/mol.